The molecule has 2 rings (SSSR count). The van der Waals surface area contributed by atoms with Crippen LogP contribution in [0.3, 0.4) is 0 Å². The van der Waals surface area contributed by atoms with Gasteiger partial charge in [0.2, 0.25) is 47.3 Å². The second kappa shape index (κ2) is 68.2. The molecule has 0 saturated carbocycles. The highest BCUT2D eigenvalue weighted by Gasteiger charge is 2.40. The van der Waals surface area contributed by atoms with Crippen LogP contribution in [0.1, 0.15) is 277 Å². The van der Waals surface area contributed by atoms with Crippen molar-refractivity contribution in [2.45, 2.75) is 327 Å². The van der Waals surface area contributed by atoms with Gasteiger partial charge in [-0.15, -0.1) is 0 Å². The van der Waals surface area contributed by atoms with E-state index in [0.717, 1.165) is 32.6 Å². The lowest BCUT2D eigenvalue weighted by Gasteiger charge is -2.27. The van der Waals surface area contributed by atoms with Crippen molar-refractivity contribution in [1.82, 2.24) is 47.2 Å². The van der Waals surface area contributed by atoms with Gasteiger partial charge in [-0.2, -0.15) is 11.8 Å². The first-order chi connectivity index (χ1) is 62.4. The Morgan fingerprint density at radius 2 is 0.870 bits per heavy atom. The van der Waals surface area contributed by atoms with Gasteiger partial charge < -0.3 is 108 Å². The topological polar surface area (TPSA) is 683 Å². The summed E-state index contributed by atoms with van der Waals surface area (Å²) in [5, 5.41) is 61.4. The van der Waals surface area contributed by atoms with Gasteiger partial charge in [0.05, 0.1) is 79.5 Å². The zero-order valence-electron chi connectivity index (χ0n) is 78.2. The van der Waals surface area contributed by atoms with E-state index in [4.69, 9.17) is 45.9 Å². The maximum Gasteiger partial charge on any atom is 0.305 e. The number of hydrogen-bond acceptors (Lipinski definition) is 25. The summed E-state index contributed by atoms with van der Waals surface area (Å²) in [7, 11) is 0. The molecule has 0 spiro atoms. The Labute approximate surface area is 776 Å². The second-order valence-corrected chi connectivity index (χ2v) is 36.0. The number of phenolic OH excluding ortho intramolecular Hbond substituents is 1. The monoisotopic (exact) mass is 1860 g/mol. The normalized spacial score (nSPS) is 14.6. The Balaban J connectivity index is 2.46. The van der Waals surface area contributed by atoms with Crippen molar-refractivity contribution in [2.75, 3.05) is 51.3 Å². The van der Waals surface area contributed by atoms with E-state index in [0.29, 0.717) is 62.9 Å². The smallest absolute Gasteiger partial charge is 0.305 e. The number of aliphatic hydroxyl groups excluding tert-OH is 2. The van der Waals surface area contributed by atoms with Crippen LogP contribution in [-0.4, -0.2) is 230 Å². The molecular formula is C92H157N19O19S. The van der Waals surface area contributed by atoms with Gasteiger partial charge in [-0.25, -0.2) is 4.98 Å². The maximum atomic E-state index is 15.0. The molecule has 1 heterocycles. The van der Waals surface area contributed by atoms with Gasteiger partial charge in [-0.1, -0.05) is 123 Å². The number of ketones is 6. The minimum absolute atomic E-state index is 0.00342. The molecule has 39 heteroatoms. The first-order valence-corrected chi connectivity index (χ1v) is 48.3. The number of carboxylic acid groups (broad SMARTS) is 1. The Kier molecular flexibility index (Phi) is 61.0. The van der Waals surface area contributed by atoms with E-state index >= 15 is 0 Å². The van der Waals surface area contributed by atoms with Gasteiger partial charge in [0.25, 0.3) is 0 Å². The number of primary amides is 1. The minimum atomic E-state index is -1.91. The molecule has 0 aliphatic rings. The number of aliphatic imine (C=N–C) groups is 2. The number of nitrogens with one attached hydrogen (secondary N) is 8. The number of aromatic amines is 1. The Morgan fingerprint density at radius 3 is 1.37 bits per heavy atom. The highest BCUT2D eigenvalue weighted by Crippen LogP contribution is 2.26. The number of hydrogen-bond donors (Lipinski definition) is 20. The van der Waals surface area contributed by atoms with Crippen LogP contribution >= 0.6 is 11.8 Å². The molecule has 14 atom stereocenters. The Bertz CT molecular complexity index is 3850. The molecule has 28 N–H and O–H groups in total. The van der Waals surface area contributed by atoms with Crippen molar-refractivity contribution >= 4 is 112 Å². The Hall–Kier alpha value is -9.83. The number of amides is 8. The highest BCUT2D eigenvalue weighted by atomic mass is 32.2. The van der Waals surface area contributed by atoms with E-state index in [9.17, 15) is 92.3 Å². The molecular weight excluding hydrogens is 1710 g/mol. The van der Waals surface area contributed by atoms with Crippen molar-refractivity contribution in [2.24, 2.45) is 97.3 Å². The van der Waals surface area contributed by atoms with E-state index in [2.05, 4.69) is 64.1 Å². The number of nitrogens with two attached hydrogens (primary N) is 8. The summed E-state index contributed by atoms with van der Waals surface area (Å²) in [6.07, 6.45) is 16.2. The lowest BCUT2D eigenvalue weighted by molar-refractivity contribution is -0.142. The summed E-state index contributed by atoms with van der Waals surface area (Å²) in [6, 6.07) is -3.75. The zero-order chi connectivity index (χ0) is 97.8. The fourth-order valence-electron chi connectivity index (χ4n) is 15.3. The summed E-state index contributed by atoms with van der Waals surface area (Å²) >= 11 is 1.26. The zero-order valence-corrected chi connectivity index (χ0v) is 79.0. The van der Waals surface area contributed by atoms with Crippen LogP contribution < -0.4 is 83.1 Å². The van der Waals surface area contributed by atoms with Crippen LogP contribution in [0, 0.1) is 41.4 Å². The molecule has 38 nitrogen and oxygen atoms in total. The maximum absolute atomic E-state index is 15.0. The molecule has 0 aliphatic carbocycles. The number of carbonyl (C=O) groups is 15. The van der Waals surface area contributed by atoms with E-state index in [1.54, 1.807) is 6.26 Å². The van der Waals surface area contributed by atoms with Crippen molar-refractivity contribution in [1.29, 1.82) is 0 Å². The van der Waals surface area contributed by atoms with E-state index in [1.807, 2.05) is 13.8 Å². The van der Waals surface area contributed by atoms with Crippen LogP contribution in [0.4, 0.5) is 0 Å². The lowest BCUT2D eigenvalue weighted by Crippen LogP contribution is -2.52. The highest BCUT2D eigenvalue weighted by molar-refractivity contribution is 7.98. The summed E-state index contributed by atoms with van der Waals surface area (Å²) in [6.45, 7) is 8.31. The molecule has 0 saturated heterocycles. The van der Waals surface area contributed by atoms with Crippen LogP contribution in [0.2, 0.25) is 0 Å². The molecule has 2 aromatic rings. The number of aliphatic hydroxyl groups is 2. The molecule has 0 unspecified atom stereocenters. The molecule has 1 aromatic carbocycles. The number of imidazole rings is 1. The fourth-order valence-corrected chi connectivity index (χ4v) is 15.8. The van der Waals surface area contributed by atoms with Gasteiger partial charge in [-0.05, 0) is 165 Å². The minimum Gasteiger partial charge on any atom is -0.508 e. The third kappa shape index (κ3) is 51.1. The van der Waals surface area contributed by atoms with Gasteiger partial charge in [0, 0.05) is 94.1 Å². The molecule has 0 radical (unpaired) electrons. The van der Waals surface area contributed by atoms with E-state index in [-0.39, 0.29) is 145 Å². The number of benzene rings is 1. The average molecular weight is 1870 g/mol. The van der Waals surface area contributed by atoms with Crippen molar-refractivity contribution in [3.63, 3.8) is 0 Å². The summed E-state index contributed by atoms with van der Waals surface area (Å²) in [5.41, 5.74) is 46.6. The number of rotatable bonds is 79. The SMILES string of the molecule is CCCCCCCCCCCCCCCC(=O)N[C@@H](CCCCN)C(=O)N[C@@H](CCCCN)C(=O)C[C@@H](C)C(=O)N[C@@H](CCCN=C(N)N)C(=O)C[C@H](CO)C(=O)N[C@@H](CCSC)C(=O)C[C@H](C(=O)N[C@@H](CC(=O)O)C(=O)C[C@@H](CCCCN)C(=O)N[C@@H](Cc1ccc(O)cc1)C(=O)C[C@@H](CCCN=C(N)N)C(=O)N[C@@H](CC(C)C)C(=O)C[C@@H](Cc1cnc[nH]1)C(N)=O)[C@@H](C)O. The van der Waals surface area contributed by atoms with Gasteiger partial charge in [-0.3, -0.25) is 81.9 Å². The van der Waals surface area contributed by atoms with Crippen LogP contribution in [0.25, 0.3) is 0 Å². The van der Waals surface area contributed by atoms with E-state index in [1.165, 1.54) is 107 Å². The Morgan fingerprint density at radius 1 is 0.443 bits per heavy atom. The number of phenols is 1. The number of unbranched alkanes of at least 4 members (excludes halogenated alkanes) is 15. The van der Waals surface area contributed by atoms with Crippen molar-refractivity contribution < 1.29 is 92.3 Å². The molecule has 131 heavy (non-hydrogen) atoms. The number of aromatic hydroxyl groups is 1. The molecule has 0 bridgehead atoms. The number of carboxylic acids is 1. The molecule has 0 aliphatic heterocycles. The number of aromatic nitrogens is 2. The molecule has 1 aromatic heterocycles. The number of H-pyrrole nitrogens is 1. The van der Waals surface area contributed by atoms with Crippen LogP contribution in [-0.2, 0) is 84.8 Å². The van der Waals surface area contributed by atoms with Crippen LogP contribution in [0.15, 0.2) is 46.8 Å². The largest absolute Gasteiger partial charge is 0.508 e. The quantitative estimate of drug-likeness (QED) is 0.0254. The molecule has 0 fully saturated rings. The van der Waals surface area contributed by atoms with Crippen molar-refractivity contribution in [3.05, 3.63) is 48.0 Å². The fraction of sp³-hybridized carbons (Fsp3) is 0.717. The van der Waals surface area contributed by atoms with E-state index < -0.39 is 211 Å². The predicted octanol–water partition coefficient (Wildman–Crippen LogP) is 3.87. The van der Waals surface area contributed by atoms with Gasteiger partial charge >= 0.3 is 5.97 Å². The number of Topliss-reactive ketones (excluding diaryl/α,β-unsaturated/α-hetero) is 6. The first-order valence-electron chi connectivity index (χ1n) is 47.0. The third-order valence-corrected chi connectivity index (χ3v) is 23.8. The molecule has 8 amide bonds. The summed E-state index contributed by atoms with van der Waals surface area (Å²) < 4.78 is 0. The standard InChI is InChI=1S/C92H157N19O19S/c1-7-8-9-10-11-12-13-14-15-16-17-18-19-33-82(121)105-72(31-22-25-41-95)90(130)108-69(30-21-24-40-94)76(115)46-59(4)85(125)106-70(32-27-43-103-92(99)100)77(116)52-65(56-112)88(128)107-71(38-44-131-6)81(120)53-68(60(5)113)89(129)111-75(54-83(122)123)79(118)49-62(28-20-23-39-93)86(126)110-74(47-61-34-36-67(114)37-35-61)78(117)50-63(29-26-42-102-91(97)98)87(127)109-73(45-58(2)3)80(119)51-64(84(96)124)48-66-55-101-57-104-66/h34-37,55,57-60,62-65,68-75,112-114H,7-33,38-54,56,93-95H2,1-6H3,(H2,96,124)(H,101,104)(H,105,121)(H,106,125)(H,107,128)(H,108,130)(H,109,127)(H,110,126)(H,111,129)(H,122,123)(H4,97,98,102)(H4,99,100,103)/t59-,60-,62-,63-,64-,65-,68+,69+,70+,71+,72+,73+,74+,75+/m1/s1. The number of nitrogens with zero attached hydrogens (tertiary/aromatic N) is 3. The number of aliphatic carboxylic acids is 1. The summed E-state index contributed by atoms with van der Waals surface area (Å²) in [4.78, 5) is 227. The number of thioether (sulfide) groups is 1. The number of guanidine groups is 2. The predicted molar refractivity (Wildman–Crippen MR) is 503 cm³/mol. The van der Waals surface area contributed by atoms with Crippen LogP contribution in [0.5, 0.6) is 5.75 Å². The lowest BCUT2D eigenvalue weighted by atomic mass is 9.88. The average Bonchev–Trinajstić information content (AvgIpc) is 1.49. The van der Waals surface area contributed by atoms with Gasteiger partial charge in [0.15, 0.2) is 46.6 Å². The number of carbonyl (C=O) groups excluding carboxylic acids is 14. The first kappa shape index (κ1) is 117. The van der Waals surface area contributed by atoms with Crippen molar-refractivity contribution in [3.8, 4) is 5.75 Å². The summed E-state index contributed by atoms with van der Waals surface area (Å²) in [5.74, 6) is -20.6. The third-order valence-electron chi connectivity index (χ3n) is 23.2. The molecule has 740 valence electrons. The van der Waals surface area contributed by atoms with Gasteiger partial charge in [0.1, 0.15) is 11.8 Å². The second-order valence-electron chi connectivity index (χ2n) is 35.0.